The lowest BCUT2D eigenvalue weighted by Gasteiger charge is -2.08. The van der Waals surface area contributed by atoms with Crippen LogP contribution < -0.4 is 15.6 Å². The summed E-state index contributed by atoms with van der Waals surface area (Å²) in [5.41, 5.74) is 2.46. The molecule has 2 heterocycles. The van der Waals surface area contributed by atoms with E-state index in [0.717, 1.165) is 17.0 Å². The number of carbonyl (C=O) groups is 1. The van der Waals surface area contributed by atoms with E-state index in [1.54, 1.807) is 16.8 Å². The average molecular weight is 436 g/mol. The Morgan fingerprint density at radius 2 is 1.81 bits per heavy atom. The standard InChI is InChI=1S/C22H21N5O3S/c1-3-30-18-10-8-17(9-11-18)26-12-13-27-20(21(26)29)24-25-22(27)31-14-19(28)23-16-6-4-15(2)5-7-16/h4-13H,3,14H2,1-2H3,(H,23,28). The van der Waals surface area contributed by atoms with Crippen LogP contribution in [0.4, 0.5) is 5.69 Å². The van der Waals surface area contributed by atoms with Gasteiger partial charge < -0.3 is 10.1 Å². The largest absolute Gasteiger partial charge is 0.494 e. The summed E-state index contributed by atoms with van der Waals surface area (Å²) >= 11 is 1.22. The monoisotopic (exact) mass is 435 g/mol. The van der Waals surface area contributed by atoms with Crippen LogP contribution in [0, 0.1) is 6.92 Å². The van der Waals surface area contributed by atoms with E-state index in [4.69, 9.17) is 4.74 Å². The van der Waals surface area contributed by atoms with Crippen molar-refractivity contribution in [3.8, 4) is 11.4 Å². The lowest BCUT2D eigenvalue weighted by Crippen LogP contribution is -2.20. The molecule has 0 aliphatic rings. The number of aromatic nitrogens is 4. The van der Waals surface area contributed by atoms with Crippen molar-refractivity contribution < 1.29 is 9.53 Å². The maximum Gasteiger partial charge on any atom is 0.300 e. The molecule has 1 amide bonds. The number of nitrogens with one attached hydrogen (secondary N) is 1. The molecule has 0 aliphatic carbocycles. The highest BCUT2D eigenvalue weighted by Gasteiger charge is 2.14. The minimum atomic E-state index is -0.296. The second-order valence-electron chi connectivity index (χ2n) is 6.78. The maximum absolute atomic E-state index is 12.9. The van der Waals surface area contributed by atoms with E-state index in [2.05, 4.69) is 15.5 Å². The zero-order valence-corrected chi connectivity index (χ0v) is 17.9. The number of hydrogen-bond acceptors (Lipinski definition) is 6. The number of fused-ring (bicyclic) bond motifs is 1. The van der Waals surface area contributed by atoms with Crippen molar-refractivity contribution in [1.29, 1.82) is 0 Å². The summed E-state index contributed by atoms with van der Waals surface area (Å²) in [6.45, 7) is 4.48. The van der Waals surface area contributed by atoms with E-state index in [-0.39, 0.29) is 22.9 Å². The highest BCUT2D eigenvalue weighted by atomic mass is 32.2. The third kappa shape index (κ3) is 4.61. The Kier molecular flexibility index (Phi) is 6.03. The summed E-state index contributed by atoms with van der Waals surface area (Å²) in [6.07, 6.45) is 3.37. The summed E-state index contributed by atoms with van der Waals surface area (Å²) in [5, 5.41) is 11.4. The summed E-state index contributed by atoms with van der Waals surface area (Å²) in [4.78, 5) is 25.1. The Hall–Kier alpha value is -3.59. The predicted molar refractivity (Wildman–Crippen MR) is 120 cm³/mol. The van der Waals surface area contributed by atoms with Crippen molar-refractivity contribution in [3.05, 3.63) is 76.8 Å². The van der Waals surface area contributed by atoms with Crippen LogP contribution in [0.3, 0.4) is 0 Å². The highest BCUT2D eigenvalue weighted by molar-refractivity contribution is 7.99. The molecule has 0 saturated heterocycles. The topological polar surface area (TPSA) is 90.5 Å². The van der Waals surface area contributed by atoms with E-state index in [9.17, 15) is 9.59 Å². The molecule has 0 fully saturated rings. The van der Waals surface area contributed by atoms with E-state index >= 15 is 0 Å². The third-order valence-electron chi connectivity index (χ3n) is 4.53. The SMILES string of the molecule is CCOc1ccc(-n2ccn3c(SCC(=O)Nc4ccc(C)cc4)nnc3c2=O)cc1. The van der Waals surface area contributed by atoms with E-state index in [1.807, 2.05) is 62.4 Å². The molecule has 4 rings (SSSR count). The van der Waals surface area contributed by atoms with Crippen molar-refractivity contribution in [2.24, 2.45) is 0 Å². The molecule has 8 nitrogen and oxygen atoms in total. The molecule has 158 valence electrons. The lowest BCUT2D eigenvalue weighted by atomic mass is 10.2. The first-order chi connectivity index (χ1) is 15.0. The minimum absolute atomic E-state index is 0.149. The number of benzene rings is 2. The van der Waals surface area contributed by atoms with Gasteiger partial charge in [-0.15, -0.1) is 10.2 Å². The van der Waals surface area contributed by atoms with Crippen LogP contribution in [0.5, 0.6) is 5.75 Å². The highest BCUT2D eigenvalue weighted by Crippen LogP contribution is 2.18. The fourth-order valence-electron chi connectivity index (χ4n) is 3.00. The summed E-state index contributed by atoms with van der Waals surface area (Å²) in [5.74, 6) is 0.732. The number of ether oxygens (including phenoxy) is 1. The van der Waals surface area contributed by atoms with Gasteiger partial charge in [-0.3, -0.25) is 18.6 Å². The first-order valence-electron chi connectivity index (χ1n) is 9.74. The number of aryl methyl sites for hydroxylation is 1. The molecule has 0 saturated carbocycles. The van der Waals surface area contributed by atoms with Gasteiger partial charge in [-0.05, 0) is 50.2 Å². The Morgan fingerprint density at radius 1 is 1.06 bits per heavy atom. The van der Waals surface area contributed by atoms with Gasteiger partial charge in [-0.25, -0.2) is 0 Å². The normalized spacial score (nSPS) is 10.9. The Bertz CT molecular complexity index is 1260. The van der Waals surface area contributed by atoms with Gasteiger partial charge in [0.15, 0.2) is 5.16 Å². The van der Waals surface area contributed by atoms with Crippen molar-refractivity contribution in [1.82, 2.24) is 19.2 Å². The molecule has 1 N–H and O–H groups in total. The van der Waals surface area contributed by atoms with E-state index in [1.165, 1.54) is 16.3 Å². The van der Waals surface area contributed by atoms with Gasteiger partial charge in [0.2, 0.25) is 11.6 Å². The number of nitrogens with zero attached hydrogens (tertiary/aromatic N) is 4. The molecule has 2 aromatic carbocycles. The van der Waals surface area contributed by atoms with Gasteiger partial charge in [0.1, 0.15) is 5.75 Å². The molecule has 31 heavy (non-hydrogen) atoms. The van der Waals surface area contributed by atoms with Crippen LogP contribution >= 0.6 is 11.8 Å². The lowest BCUT2D eigenvalue weighted by molar-refractivity contribution is -0.113. The van der Waals surface area contributed by atoms with Crippen LogP contribution in [-0.2, 0) is 4.79 Å². The van der Waals surface area contributed by atoms with Crippen LogP contribution in [0.15, 0.2) is 70.9 Å². The third-order valence-corrected chi connectivity index (χ3v) is 5.48. The molecule has 0 unspecified atom stereocenters. The number of amides is 1. The Labute approximate surface area is 182 Å². The van der Waals surface area contributed by atoms with Crippen LogP contribution in [-0.4, -0.2) is 37.4 Å². The smallest absolute Gasteiger partial charge is 0.300 e. The zero-order valence-electron chi connectivity index (χ0n) is 17.1. The van der Waals surface area contributed by atoms with Gasteiger partial charge in [-0.2, -0.15) is 0 Å². The van der Waals surface area contributed by atoms with Gasteiger partial charge >= 0.3 is 5.56 Å². The Morgan fingerprint density at radius 3 is 2.52 bits per heavy atom. The molecular weight excluding hydrogens is 414 g/mol. The fourth-order valence-corrected chi connectivity index (χ4v) is 3.72. The molecule has 0 aliphatic heterocycles. The van der Waals surface area contributed by atoms with E-state index in [0.29, 0.717) is 17.5 Å². The molecule has 0 bridgehead atoms. The van der Waals surface area contributed by atoms with Crippen molar-refractivity contribution in [2.45, 2.75) is 19.0 Å². The van der Waals surface area contributed by atoms with Crippen LogP contribution in [0.25, 0.3) is 11.3 Å². The molecule has 0 atom stereocenters. The first-order valence-corrected chi connectivity index (χ1v) is 10.7. The zero-order chi connectivity index (χ0) is 21.8. The number of thioether (sulfide) groups is 1. The van der Waals surface area contributed by atoms with Gasteiger partial charge in [0, 0.05) is 23.8 Å². The fraction of sp³-hybridized carbons (Fsp3) is 0.182. The average Bonchev–Trinajstić information content (AvgIpc) is 3.19. The Balaban J connectivity index is 1.49. The summed E-state index contributed by atoms with van der Waals surface area (Å²) < 4.78 is 8.53. The number of rotatable bonds is 7. The van der Waals surface area contributed by atoms with E-state index < -0.39 is 0 Å². The van der Waals surface area contributed by atoms with Crippen molar-refractivity contribution in [2.75, 3.05) is 17.7 Å². The number of carbonyl (C=O) groups excluding carboxylic acids is 1. The van der Waals surface area contributed by atoms with Crippen LogP contribution in [0.2, 0.25) is 0 Å². The number of anilines is 1. The predicted octanol–water partition coefficient (Wildman–Crippen LogP) is 3.32. The maximum atomic E-state index is 12.9. The molecule has 0 radical (unpaired) electrons. The number of hydrogen-bond donors (Lipinski definition) is 1. The molecule has 9 heteroatoms. The van der Waals surface area contributed by atoms with Crippen LogP contribution in [0.1, 0.15) is 12.5 Å². The van der Waals surface area contributed by atoms with Crippen molar-refractivity contribution >= 4 is 29.0 Å². The molecule has 0 spiro atoms. The first kappa shape index (κ1) is 20.7. The van der Waals surface area contributed by atoms with Crippen molar-refractivity contribution in [3.63, 3.8) is 0 Å². The van der Waals surface area contributed by atoms with Gasteiger partial charge in [0.05, 0.1) is 12.4 Å². The van der Waals surface area contributed by atoms with Gasteiger partial charge in [0.25, 0.3) is 0 Å². The molecule has 2 aromatic heterocycles. The minimum Gasteiger partial charge on any atom is -0.494 e. The quantitative estimate of drug-likeness (QED) is 0.448. The molecule has 4 aromatic rings. The second-order valence-corrected chi connectivity index (χ2v) is 7.72. The van der Waals surface area contributed by atoms with Gasteiger partial charge in [-0.1, -0.05) is 29.5 Å². The summed E-state index contributed by atoms with van der Waals surface area (Å²) in [7, 11) is 0. The molecular formula is C22H21N5O3S. The second kappa shape index (κ2) is 9.05. The summed E-state index contributed by atoms with van der Waals surface area (Å²) in [6, 6.07) is 14.8.